The smallest absolute Gasteiger partial charge is 0.211 e. The number of aliphatic imine (C=N–C) groups is 1. The van der Waals surface area contributed by atoms with Crippen LogP contribution >= 0.6 is 0 Å². The van der Waals surface area contributed by atoms with Crippen LogP contribution in [0.3, 0.4) is 0 Å². The first kappa shape index (κ1) is 9.78. The number of nitrogens with zero attached hydrogens (tertiary/aromatic N) is 1. The summed E-state index contributed by atoms with van der Waals surface area (Å²) in [6.07, 6.45) is 2.37. The molecule has 7 heavy (non-hydrogen) atoms. The summed E-state index contributed by atoms with van der Waals surface area (Å²) in [5, 5.41) is 0. The third-order valence-electron chi connectivity index (χ3n) is 0.400. The van der Waals surface area contributed by atoms with E-state index in [1.807, 2.05) is 6.92 Å². The Morgan fingerprint density at radius 3 is 2.43 bits per heavy atom. The van der Waals surface area contributed by atoms with Crippen molar-refractivity contribution in [2.45, 2.75) is 13.3 Å². The number of isocyanates is 1. The monoisotopic (exact) mass is 117 g/mol. The summed E-state index contributed by atoms with van der Waals surface area (Å²) in [5.74, 6) is 0. The lowest BCUT2D eigenvalue weighted by Gasteiger charge is -1.71. The molecule has 0 atom stereocenters. The minimum absolute atomic E-state index is 0. The second kappa shape index (κ2) is 9.14. The van der Waals surface area contributed by atoms with Gasteiger partial charge in [0.1, 0.15) is 0 Å². The van der Waals surface area contributed by atoms with Crippen molar-refractivity contribution in [3.8, 4) is 0 Å². The summed E-state index contributed by atoms with van der Waals surface area (Å²) < 4.78 is 0. The second-order valence-electron chi connectivity index (χ2n) is 0.973. The van der Waals surface area contributed by atoms with Gasteiger partial charge in [-0.05, 0) is 17.4 Å². The standard InChI is InChI=1S/C4H7NO.H4Si/c1-2-3-5-4-6;/h2-3H2,1H3;1H4. The van der Waals surface area contributed by atoms with Gasteiger partial charge in [0.25, 0.3) is 0 Å². The summed E-state index contributed by atoms with van der Waals surface area (Å²) >= 11 is 0. The predicted octanol–water partition coefficient (Wildman–Crippen LogP) is -0.719. The van der Waals surface area contributed by atoms with Crippen molar-refractivity contribution in [3.63, 3.8) is 0 Å². The highest BCUT2D eigenvalue weighted by Crippen LogP contribution is 1.70. The number of hydrogen-bond donors (Lipinski definition) is 0. The zero-order valence-electron chi connectivity index (χ0n) is 3.77. The average Bonchev–Trinajstić information content (AvgIpc) is 1.61. The first-order chi connectivity index (χ1) is 2.91. The van der Waals surface area contributed by atoms with Crippen LogP contribution in [0.2, 0.25) is 0 Å². The van der Waals surface area contributed by atoms with Crippen LogP contribution in [-0.2, 0) is 4.79 Å². The fourth-order valence-corrected chi connectivity index (χ4v) is 0.157. The third-order valence-corrected chi connectivity index (χ3v) is 0.400. The minimum atomic E-state index is 0. The lowest BCUT2D eigenvalue weighted by atomic mass is 10.5. The van der Waals surface area contributed by atoms with Crippen molar-refractivity contribution in [2.24, 2.45) is 4.99 Å². The Morgan fingerprint density at radius 2 is 2.29 bits per heavy atom. The lowest BCUT2D eigenvalue weighted by Crippen LogP contribution is -1.69. The quantitative estimate of drug-likeness (QED) is 0.267. The van der Waals surface area contributed by atoms with E-state index in [1.165, 1.54) is 6.08 Å². The molecule has 0 fully saturated rings. The van der Waals surface area contributed by atoms with Crippen LogP contribution in [-0.4, -0.2) is 23.6 Å². The van der Waals surface area contributed by atoms with E-state index in [9.17, 15) is 4.79 Å². The van der Waals surface area contributed by atoms with Gasteiger partial charge in [0.05, 0.1) is 6.54 Å². The van der Waals surface area contributed by atoms with Gasteiger partial charge >= 0.3 is 0 Å². The Balaban J connectivity index is 0. The van der Waals surface area contributed by atoms with Crippen molar-refractivity contribution in [3.05, 3.63) is 0 Å². The largest absolute Gasteiger partial charge is 0.234 e. The van der Waals surface area contributed by atoms with Gasteiger partial charge in [0.2, 0.25) is 6.08 Å². The van der Waals surface area contributed by atoms with Crippen LogP contribution in [0.5, 0.6) is 0 Å². The molecule has 42 valence electrons. The molecule has 0 amide bonds. The van der Waals surface area contributed by atoms with Crippen molar-refractivity contribution in [2.75, 3.05) is 6.54 Å². The lowest BCUT2D eigenvalue weighted by molar-refractivity contribution is 0.562. The molecular weight excluding hydrogens is 106 g/mol. The molecule has 0 aliphatic heterocycles. The first-order valence-corrected chi connectivity index (χ1v) is 1.95. The molecular formula is C4H11NOSi. The maximum atomic E-state index is 9.27. The van der Waals surface area contributed by atoms with E-state index in [0.29, 0.717) is 6.54 Å². The van der Waals surface area contributed by atoms with Crippen molar-refractivity contribution < 1.29 is 4.79 Å². The molecule has 0 unspecified atom stereocenters. The summed E-state index contributed by atoms with van der Waals surface area (Å²) in [4.78, 5) is 12.6. The molecule has 0 aromatic carbocycles. The van der Waals surface area contributed by atoms with Crippen LogP contribution in [0.25, 0.3) is 0 Å². The molecule has 0 N–H and O–H groups in total. The molecule has 0 aromatic heterocycles. The Morgan fingerprint density at radius 1 is 1.71 bits per heavy atom. The average molecular weight is 117 g/mol. The van der Waals surface area contributed by atoms with E-state index in [-0.39, 0.29) is 11.0 Å². The minimum Gasteiger partial charge on any atom is -0.211 e. The first-order valence-electron chi connectivity index (χ1n) is 1.95. The van der Waals surface area contributed by atoms with Crippen molar-refractivity contribution in [1.29, 1.82) is 0 Å². The Labute approximate surface area is 47.7 Å². The fraction of sp³-hybridized carbons (Fsp3) is 0.750. The molecule has 0 saturated heterocycles. The summed E-state index contributed by atoms with van der Waals surface area (Å²) in [5.41, 5.74) is 0. The normalized spacial score (nSPS) is 5.86. The van der Waals surface area contributed by atoms with E-state index in [0.717, 1.165) is 6.42 Å². The van der Waals surface area contributed by atoms with Gasteiger partial charge in [-0.2, -0.15) is 0 Å². The van der Waals surface area contributed by atoms with Crippen LogP contribution in [0.15, 0.2) is 4.99 Å². The van der Waals surface area contributed by atoms with Crippen LogP contribution in [0, 0.1) is 0 Å². The van der Waals surface area contributed by atoms with Crippen LogP contribution in [0.1, 0.15) is 13.3 Å². The summed E-state index contributed by atoms with van der Waals surface area (Å²) in [6, 6.07) is 0. The van der Waals surface area contributed by atoms with E-state index < -0.39 is 0 Å². The van der Waals surface area contributed by atoms with E-state index >= 15 is 0 Å². The van der Waals surface area contributed by atoms with Gasteiger partial charge in [0.15, 0.2) is 0 Å². The van der Waals surface area contributed by atoms with Gasteiger partial charge in [-0.1, -0.05) is 6.92 Å². The Hall–Kier alpha value is -0.403. The van der Waals surface area contributed by atoms with Gasteiger partial charge < -0.3 is 0 Å². The molecule has 3 heteroatoms. The van der Waals surface area contributed by atoms with Crippen molar-refractivity contribution in [1.82, 2.24) is 0 Å². The highest BCUT2D eigenvalue weighted by molar-refractivity contribution is 5.75. The van der Waals surface area contributed by atoms with E-state index in [4.69, 9.17) is 0 Å². The highest BCUT2D eigenvalue weighted by atomic mass is 28.1. The Kier molecular flexibility index (Phi) is 12.8. The number of rotatable bonds is 2. The zero-order chi connectivity index (χ0) is 4.83. The summed E-state index contributed by atoms with van der Waals surface area (Å²) in [6.45, 7) is 2.57. The topological polar surface area (TPSA) is 29.4 Å². The van der Waals surface area contributed by atoms with Crippen LogP contribution < -0.4 is 0 Å². The molecule has 2 nitrogen and oxygen atoms in total. The second-order valence-corrected chi connectivity index (χ2v) is 0.973. The van der Waals surface area contributed by atoms with Gasteiger partial charge in [-0.15, -0.1) is 0 Å². The molecule has 0 spiro atoms. The highest BCUT2D eigenvalue weighted by Gasteiger charge is 1.66. The fourth-order valence-electron chi connectivity index (χ4n) is 0.157. The molecule has 0 aliphatic carbocycles. The maximum absolute atomic E-state index is 9.27. The molecule has 0 radical (unpaired) electrons. The molecule has 0 rings (SSSR count). The molecule has 0 bridgehead atoms. The maximum Gasteiger partial charge on any atom is 0.234 e. The number of carbonyl (C=O) groups excluding carboxylic acids is 1. The zero-order valence-corrected chi connectivity index (χ0v) is 3.77. The van der Waals surface area contributed by atoms with Gasteiger partial charge in [-0.3, -0.25) is 0 Å². The molecule has 0 saturated carbocycles. The van der Waals surface area contributed by atoms with Gasteiger partial charge in [0, 0.05) is 0 Å². The van der Waals surface area contributed by atoms with E-state index in [2.05, 4.69) is 4.99 Å². The third kappa shape index (κ3) is 10.7. The van der Waals surface area contributed by atoms with Gasteiger partial charge in [-0.25, -0.2) is 9.79 Å². The Bertz CT molecular complexity index is 68.1. The number of hydrogen-bond acceptors (Lipinski definition) is 2. The van der Waals surface area contributed by atoms with Crippen molar-refractivity contribution >= 4 is 17.0 Å². The molecule has 0 aromatic rings. The SMILES string of the molecule is CCCN=C=O.[SiH4]. The van der Waals surface area contributed by atoms with Crippen LogP contribution in [0.4, 0.5) is 0 Å². The predicted molar refractivity (Wildman–Crippen MR) is 34.6 cm³/mol. The molecule has 0 aliphatic rings. The molecule has 0 heterocycles. The summed E-state index contributed by atoms with van der Waals surface area (Å²) in [7, 11) is 0. The van der Waals surface area contributed by atoms with E-state index in [1.54, 1.807) is 0 Å².